The van der Waals surface area contributed by atoms with Gasteiger partial charge in [-0.2, -0.15) is 5.10 Å². The zero-order chi connectivity index (χ0) is 13.9. The molecule has 0 bridgehead atoms. The van der Waals surface area contributed by atoms with Gasteiger partial charge in [-0.25, -0.2) is 13.1 Å². The second-order valence-corrected chi connectivity index (χ2v) is 6.65. The monoisotopic (exact) mass is 344 g/mol. The summed E-state index contributed by atoms with van der Waals surface area (Å²) < 4.78 is 28.8. The van der Waals surface area contributed by atoms with Crippen molar-refractivity contribution in [1.82, 2.24) is 19.5 Å². The third-order valence-corrected chi connectivity index (χ3v) is 4.29. The van der Waals surface area contributed by atoms with E-state index in [1.54, 1.807) is 4.68 Å². The SMILES string of the molecule is Cn1ccc(CCNS(=O)(=O)c2cncc(Br)c2)n1. The van der Waals surface area contributed by atoms with Crippen LogP contribution in [0.5, 0.6) is 0 Å². The summed E-state index contributed by atoms with van der Waals surface area (Å²) in [6, 6.07) is 3.37. The third-order valence-electron chi connectivity index (χ3n) is 2.43. The topological polar surface area (TPSA) is 76.9 Å². The number of pyridine rings is 1. The van der Waals surface area contributed by atoms with Crippen molar-refractivity contribution in [2.45, 2.75) is 11.3 Å². The summed E-state index contributed by atoms with van der Waals surface area (Å²) in [7, 11) is -1.70. The molecule has 0 amide bonds. The maximum atomic E-state index is 12.0. The van der Waals surface area contributed by atoms with Crippen LogP contribution in [-0.2, 0) is 23.5 Å². The van der Waals surface area contributed by atoms with Gasteiger partial charge in [0.25, 0.3) is 0 Å². The van der Waals surface area contributed by atoms with E-state index in [1.807, 2.05) is 19.3 Å². The van der Waals surface area contributed by atoms with E-state index in [2.05, 4.69) is 30.7 Å². The number of nitrogens with zero attached hydrogens (tertiary/aromatic N) is 3. The number of hydrogen-bond acceptors (Lipinski definition) is 4. The molecule has 0 atom stereocenters. The van der Waals surface area contributed by atoms with E-state index >= 15 is 0 Å². The van der Waals surface area contributed by atoms with Crippen molar-refractivity contribution < 1.29 is 8.42 Å². The van der Waals surface area contributed by atoms with Crippen molar-refractivity contribution in [1.29, 1.82) is 0 Å². The average Bonchev–Trinajstić information content (AvgIpc) is 2.75. The molecule has 0 fully saturated rings. The Bertz CT molecular complexity index is 669. The maximum absolute atomic E-state index is 12.0. The highest BCUT2D eigenvalue weighted by Gasteiger charge is 2.14. The van der Waals surface area contributed by atoms with Gasteiger partial charge in [0.2, 0.25) is 10.0 Å². The number of rotatable bonds is 5. The fraction of sp³-hybridized carbons (Fsp3) is 0.273. The zero-order valence-corrected chi connectivity index (χ0v) is 12.6. The molecule has 0 unspecified atom stereocenters. The van der Waals surface area contributed by atoms with Crippen LogP contribution in [0.4, 0.5) is 0 Å². The lowest BCUT2D eigenvalue weighted by molar-refractivity contribution is 0.580. The first kappa shape index (κ1) is 14.2. The number of aromatic nitrogens is 3. The summed E-state index contributed by atoms with van der Waals surface area (Å²) in [5, 5.41) is 4.18. The largest absolute Gasteiger partial charge is 0.276 e. The fourth-order valence-corrected chi connectivity index (χ4v) is 3.07. The van der Waals surface area contributed by atoms with Gasteiger partial charge in [0.15, 0.2) is 0 Å². The predicted octanol–water partition coefficient (Wildman–Crippen LogP) is 1.10. The molecule has 102 valence electrons. The van der Waals surface area contributed by atoms with Gasteiger partial charge in [-0.3, -0.25) is 9.67 Å². The first-order valence-electron chi connectivity index (χ1n) is 5.56. The molecule has 0 aliphatic heterocycles. The number of sulfonamides is 1. The standard InChI is InChI=1S/C11H13BrN4O2S/c1-16-5-3-10(15-16)2-4-14-19(17,18)11-6-9(12)7-13-8-11/h3,5-8,14H,2,4H2,1H3. The molecule has 2 aromatic heterocycles. The van der Waals surface area contributed by atoms with Crippen LogP contribution in [0.25, 0.3) is 0 Å². The Morgan fingerprint density at radius 3 is 2.84 bits per heavy atom. The Labute approximate surface area is 120 Å². The smallest absolute Gasteiger partial charge is 0.242 e. The molecule has 0 aromatic carbocycles. The molecule has 8 heteroatoms. The van der Waals surface area contributed by atoms with E-state index < -0.39 is 10.0 Å². The van der Waals surface area contributed by atoms with E-state index in [0.29, 0.717) is 17.4 Å². The van der Waals surface area contributed by atoms with E-state index in [4.69, 9.17) is 0 Å². The van der Waals surface area contributed by atoms with Gasteiger partial charge in [0.1, 0.15) is 4.90 Å². The normalized spacial score (nSPS) is 11.7. The fourth-order valence-electron chi connectivity index (χ4n) is 1.53. The molecule has 0 saturated carbocycles. The molecule has 0 aliphatic rings. The van der Waals surface area contributed by atoms with E-state index in [-0.39, 0.29) is 4.90 Å². The Kier molecular flexibility index (Phi) is 4.33. The van der Waals surface area contributed by atoms with Crippen LogP contribution in [0.15, 0.2) is 40.1 Å². The Hall–Kier alpha value is -1.25. The Morgan fingerprint density at radius 2 is 2.21 bits per heavy atom. The molecule has 2 aromatic rings. The molecule has 0 saturated heterocycles. The zero-order valence-electron chi connectivity index (χ0n) is 10.2. The Morgan fingerprint density at radius 1 is 1.42 bits per heavy atom. The minimum Gasteiger partial charge on any atom is -0.276 e. The van der Waals surface area contributed by atoms with Crippen LogP contribution in [0.2, 0.25) is 0 Å². The van der Waals surface area contributed by atoms with Crippen molar-refractivity contribution >= 4 is 26.0 Å². The molecular weight excluding hydrogens is 332 g/mol. The molecule has 6 nitrogen and oxygen atoms in total. The summed E-state index contributed by atoms with van der Waals surface area (Å²) in [4.78, 5) is 3.98. The minimum atomic E-state index is -3.52. The average molecular weight is 345 g/mol. The minimum absolute atomic E-state index is 0.142. The number of nitrogens with one attached hydrogen (secondary N) is 1. The lowest BCUT2D eigenvalue weighted by Gasteiger charge is -2.05. The first-order chi connectivity index (χ1) is 8.97. The summed E-state index contributed by atoms with van der Waals surface area (Å²) in [5.74, 6) is 0. The molecule has 1 N–H and O–H groups in total. The van der Waals surface area contributed by atoms with E-state index in [0.717, 1.165) is 5.69 Å². The van der Waals surface area contributed by atoms with Gasteiger partial charge in [0.05, 0.1) is 5.69 Å². The lowest BCUT2D eigenvalue weighted by Crippen LogP contribution is -2.26. The van der Waals surface area contributed by atoms with Crippen LogP contribution < -0.4 is 4.72 Å². The molecule has 2 rings (SSSR count). The summed E-state index contributed by atoms with van der Waals surface area (Å²) in [6.45, 7) is 0.297. The number of hydrogen-bond donors (Lipinski definition) is 1. The lowest BCUT2D eigenvalue weighted by atomic mass is 10.3. The second kappa shape index (κ2) is 5.81. The van der Waals surface area contributed by atoms with Crippen molar-refractivity contribution in [3.8, 4) is 0 Å². The third kappa shape index (κ3) is 3.85. The summed E-state index contributed by atoms with van der Waals surface area (Å²) in [5.41, 5.74) is 0.845. The van der Waals surface area contributed by atoms with Gasteiger partial charge in [0, 0.05) is 43.1 Å². The van der Waals surface area contributed by atoms with Crippen molar-refractivity contribution in [3.63, 3.8) is 0 Å². The van der Waals surface area contributed by atoms with E-state index in [1.165, 1.54) is 18.5 Å². The Balaban J connectivity index is 1.98. The predicted molar refractivity (Wildman–Crippen MR) is 74.0 cm³/mol. The molecule has 0 aliphatic carbocycles. The van der Waals surface area contributed by atoms with Gasteiger partial charge in [-0.05, 0) is 28.1 Å². The highest BCUT2D eigenvalue weighted by Crippen LogP contribution is 2.13. The molecular formula is C11H13BrN4O2S. The number of aryl methyl sites for hydroxylation is 1. The van der Waals surface area contributed by atoms with Crippen molar-refractivity contribution in [2.75, 3.05) is 6.54 Å². The van der Waals surface area contributed by atoms with Crippen molar-refractivity contribution in [3.05, 3.63) is 40.9 Å². The highest BCUT2D eigenvalue weighted by molar-refractivity contribution is 9.10. The molecule has 19 heavy (non-hydrogen) atoms. The van der Waals surface area contributed by atoms with Gasteiger partial charge >= 0.3 is 0 Å². The number of halogens is 1. The summed E-state index contributed by atoms with van der Waals surface area (Å²) in [6.07, 6.45) is 5.21. The van der Waals surface area contributed by atoms with E-state index in [9.17, 15) is 8.42 Å². The van der Waals surface area contributed by atoms with Crippen molar-refractivity contribution in [2.24, 2.45) is 7.05 Å². The van der Waals surface area contributed by atoms with Gasteiger partial charge in [-0.1, -0.05) is 0 Å². The molecule has 0 spiro atoms. The van der Waals surface area contributed by atoms with Gasteiger partial charge in [-0.15, -0.1) is 0 Å². The molecule has 2 heterocycles. The van der Waals surface area contributed by atoms with Crippen LogP contribution in [0, 0.1) is 0 Å². The first-order valence-corrected chi connectivity index (χ1v) is 7.84. The maximum Gasteiger partial charge on any atom is 0.242 e. The van der Waals surface area contributed by atoms with Crippen LogP contribution in [0.3, 0.4) is 0 Å². The van der Waals surface area contributed by atoms with Gasteiger partial charge < -0.3 is 0 Å². The van der Waals surface area contributed by atoms with Crippen LogP contribution in [0.1, 0.15) is 5.69 Å². The van der Waals surface area contributed by atoms with Crippen LogP contribution in [-0.4, -0.2) is 29.7 Å². The highest BCUT2D eigenvalue weighted by atomic mass is 79.9. The van der Waals surface area contributed by atoms with Crippen LogP contribution >= 0.6 is 15.9 Å². The second-order valence-electron chi connectivity index (χ2n) is 3.97. The molecule has 0 radical (unpaired) electrons. The summed E-state index contributed by atoms with van der Waals surface area (Å²) >= 11 is 3.19. The quantitative estimate of drug-likeness (QED) is 0.880.